The van der Waals surface area contributed by atoms with Crippen LogP contribution < -0.4 is 9.80 Å². The van der Waals surface area contributed by atoms with E-state index in [9.17, 15) is 0 Å². The molecule has 5 aromatic carbocycles. The van der Waals surface area contributed by atoms with E-state index in [-0.39, 0.29) is 0 Å². The van der Waals surface area contributed by atoms with Gasteiger partial charge in [-0.1, -0.05) is 72.8 Å². The maximum atomic E-state index is 4.89. The van der Waals surface area contributed by atoms with E-state index in [0.29, 0.717) is 0 Å². The van der Waals surface area contributed by atoms with Crippen molar-refractivity contribution in [2.24, 2.45) is 0 Å². The van der Waals surface area contributed by atoms with E-state index in [4.69, 9.17) is 9.97 Å². The molecule has 0 saturated carbocycles. The first-order valence-electron chi connectivity index (χ1n) is 14.0. The molecule has 0 bridgehead atoms. The Morgan fingerprint density at radius 2 is 0.800 bits per heavy atom. The number of fused-ring (bicyclic) bond motifs is 3. The standard InChI is InChI=1S/C36H26N4/c1-5-23-6-2-10-26-20-39(19-25(9-1)33(23)26)31-15-17-37-35-29(31)13-14-30-32(16-18-38-36(30)35)40-21-27-11-3-7-24-8-4-12-28(22-40)34(24)27/h1-18H,19-22H2. The predicted molar refractivity (Wildman–Crippen MR) is 165 cm³/mol. The summed E-state index contributed by atoms with van der Waals surface area (Å²) in [5.74, 6) is 0. The highest BCUT2D eigenvalue weighted by Crippen LogP contribution is 2.40. The number of aromatic nitrogens is 2. The number of nitrogens with zero attached hydrogens (tertiary/aromatic N) is 4. The average molecular weight is 515 g/mol. The first-order valence-corrected chi connectivity index (χ1v) is 14.0. The highest BCUT2D eigenvalue weighted by molar-refractivity contribution is 6.11. The molecule has 4 nitrogen and oxygen atoms in total. The zero-order valence-electron chi connectivity index (χ0n) is 22.0. The molecule has 4 heterocycles. The van der Waals surface area contributed by atoms with E-state index in [1.54, 1.807) is 0 Å². The number of pyridine rings is 2. The van der Waals surface area contributed by atoms with Crippen LogP contribution in [0, 0.1) is 0 Å². The van der Waals surface area contributed by atoms with Gasteiger partial charge in [-0.15, -0.1) is 0 Å². The maximum absolute atomic E-state index is 4.89. The van der Waals surface area contributed by atoms with Gasteiger partial charge >= 0.3 is 0 Å². The molecule has 0 amide bonds. The summed E-state index contributed by atoms with van der Waals surface area (Å²) in [5, 5.41) is 7.78. The molecule has 0 unspecified atom stereocenters. The van der Waals surface area contributed by atoms with Gasteiger partial charge in [0.1, 0.15) is 0 Å². The number of hydrogen-bond acceptors (Lipinski definition) is 4. The van der Waals surface area contributed by atoms with Crippen molar-refractivity contribution in [2.45, 2.75) is 26.2 Å². The average Bonchev–Trinajstić information content (AvgIpc) is 3.01. The second kappa shape index (κ2) is 8.27. The summed E-state index contributed by atoms with van der Waals surface area (Å²) in [6.07, 6.45) is 3.90. The minimum Gasteiger partial charge on any atom is -0.362 e. The van der Waals surface area contributed by atoms with Crippen molar-refractivity contribution in [1.29, 1.82) is 0 Å². The molecule has 190 valence electrons. The molecule has 40 heavy (non-hydrogen) atoms. The third-order valence-corrected chi connectivity index (χ3v) is 8.86. The van der Waals surface area contributed by atoms with E-state index in [1.165, 1.54) is 55.2 Å². The Morgan fingerprint density at radius 1 is 0.425 bits per heavy atom. The molecule has 2 aliphatic rings. The largest absolute Gasteiger partial charge is 0.362 e. The second-order valence-electron chi connectivity index (χ2n) is 11.1. The Bertz CT molecular complexity index is 1910. The first kappa shape index (κ1) is 21.9. The fourth-order valence-electron chi connectivity index (χ4n) is 7.16. The zero-order chi connectivity index (χ0) is 26.2. The Hall–Kier alpha value is -4.96. The van der Waals surface area contributed by atoms with Crippen LogP contribution in [-0.2, 0) is 26.2 Å². The SMILES string of the molecule is c1cc2c3c(cccc3c1)CN(c1ccnc3c1ccc1c(N4Cc5cccc6cccc(c56)C4)ccnc13)C2. The van der Waals surface area contributed by atoms with Gasteiger partial charge in [-0.3, -0.25) is 9.97 Å². The maximum Gasteiger partial charge on any atom is 0.0986 e. The van der Waals surface area contributed by atoms with Crippen molar-refractivity contribution in [3.63, 3.8) is 0 Å². The predicted octanol–water partition coefficient (Wildman–Crippen LogP) is 8.13. The van der Waals surface area contributed by atoms with Crippen LogP contribution in [0.5, 0.6) is 0 Å². The molecule has 4 heteroatoms. The van der Waals surface area contributed by atoms with Crippen molar-refractivity contribution in [1.82, 2.24) is 9.97 Å². The molecular formula is C36H26N4. The Labute approximate surface area is 232 Å². The molecule has 2 aliphatic heterocycles. The minimum absolute atomic E-state index is 0.887. The third-order valence-electron chi connectivity index (χ3n) is 8.86. The van der Waals surface area contributed by atoms with Crippen LogP contribution in [0.3, 0.4) is 0 Å². The van der Waals surface area contributed by atoms with Gasteiger partial charge in [-0.25, -0.2) is 0 Å². The van der Waals surface area contributed by atoms with Gasteiger partial charge in [0.25, 0.3) is 0 Å². The highest BCUT2D eigenvalue weighted by atomic mass is 15.1. The van der Waals surface area contributed by atoms with Crippen molar-refractivity contribution in [3.05, 3.63) is 132 Å². The molecule has 0 spiro atoms. The lowest BCUT2D eigenvalue weighted by Gasteiger charge is -2.32. The van der Waals surface area contributed by atoms with E-state index >= 15 is 0 Å². The van der Waals surface area contributed by atoms with E-state index < -0.39 is 0 Å². The Balaban J connectivity index is 1.15. The number of anilines is 2. The van der Waals surface area contributed by atoms with Crippen molar-refractivity contribution >= 4 is 54.7 Å². The zero-order valence-corrected chi connectivity index (χ0v) is 22.0. The summed E-state index contributed by atoms with van der Waals surface area (Å²) in [4.78, 5) is 14.8. The Morgan fingerprint density at radius 3 is 1.18 bits per heavy atom. The van der Waals surface area contributed by atoms with E-state index in [2.05, 4.69) is 107 Å². The molecule has 0 saturated heterocycles. The number of hydrogen-bond donors (Lipinski definition) is 0. The molecule has 2 aromatic heterocycles. The van der Waals surface area contributed by atoms with Gasteiger partial charge in [0, 0.05) is 60.7 Å². The molecule has 0 atom stereocenters. The summed E-state index contributed by atoms with van der Waals surface area (Å²) in [7, 11) is 0. The quantitative estimate of drug-likeness (QED) is 0.218. The molecule has 0 aliphatic carbocycles. The molecule has 0 fully saturated rings. The molecular weight excluding hydrogens is 488 g/mol. The molecule has 0 radical (unpaired) electrons. The monoisotopic (exact) mass is 514 g/mol. The number of rotatable bonds is 2. The van der Waals surface area contributed by atoms with Gasteiger partial charge < -0.3 is 9.80 Å². The summed E-state index contributed by atoms with van der Waals surface area (Å²) < 4.78 is 0. The summed E-state index contributed by atoms with van der Waals surface area (Å²) in [6.45, 7) is 3.55. The van der Waals surface area contributed by atoms with Crippen LogP contribution in [0.4, 0.5) is 11.4 Å². The van der Waals surface area contributed by atoms with Crippen molar-refractivity contribution in [3.8, 4) is 0 Å². The van der Waals surface area contributed by atoms with E-state index in [0.717, 1.165) is 48.0 Å². The number of benzene rings is 5. The highest BCUT2D eigenvalue weighted by Gasteiger charge is 2.23. The van der Waals surface area contributed by atoms with Crippen LogP contribution in [0.15, 0.2) is 109 Å². The first-order chi connectivity index (χ1) is 19.8. The molecule has 0 N–H and O–H groups in total. The second-order valence-corrected chi connectivity index (χ2v) is 11.1. The minimum atomic E-state index is 0.887. The van der Waals surface area contributed by atoms with Gasteiger partial charge in [-0.2, -0.15) is 0 Å². The van der Waals surface area contributed by atoms with Crippen molar-refractivity contribution < 1.29 is 0 Å². The summed E-state index contributed by atoms with van der Waals surface area (Å²) in [5.41, 5.74) is 9.88. The molecule has 9 rings (SSSR count). The Kier molecular flexibility index (Phi) is 4.53. The van der Waals surface area contributed by atoms with Gasteiger partial charge in [-0.05, 0) is 68.1 Å². The van der Waals surface area contributed by atoms with Gasteiger partial charge in [0.2, 0.25) is 0 Å². The topological polar surface area (TPSA) is 32.3 Å². The lowest BCUT2D eigenvalue weighted by molar-refractivity contribution is 0.791. The summed E-state index contributed by atoms with van der Waals surface area (Å²) >= 11 is 0. The normalized spacial score (nSPS) is 14.5. The van der Waals surface area contributed by atoms with Gasteiger partial charge in [0.15, 0.2) is 0 Å². The lowest BCUT2D eigenvalue weighted by Crippen LogP contribution is -2.26. The fraction of sp³-hybridized carbons (Fsp3) is 0.111. The van der Waals surface area contributed by atoms with Crippen LogP contribution in [0.25, 0.3) is 43.4 Å². The van der Waals surface area contributed by atoms with Crippen LogP contribution in [-0.4, -0.2) is 9.97 Å². The van der Waals surface area contributed by atoms with E-state index in [1.807, 2.05) is 12.4 Å². The van der Waals surface area contributed by atoms with Crippen LogP contribution in [0.2, 0.25) is 0 Å². The van der Waals surface area contributed by atoms with Gasteiger partial charge in [0.05, 0.1) is 11.0 Å². The third kappa shape index (κ3) is 3.13. The smallest absolute Gasteiger partial charge is 0.0986 e. The summed E-state index contributed by atoms with van der Waals surface area (Å²) in [6, 6.07) is 35.5. The fourth-order valence-corrected chi connectivity index (χ4v) is 7.16. The van der Waals surface area contributed by atoms with Crippen molar-refractivity contribution in [2.75, 3.05) is 9.80 Å². The van der Waals surface area contributed by atoms with Crippen LogP contribution >= 0.6 is 0 Å². The lowest BCUT2D eigenvalue weighted by atomic mass is 9.94. The molecule has 7 aromatic rings. The van der Waals surface area contributed by atoms with Crippen LogP contribution in [0.1, 0.15) is 22.3 Å².